The van der Waals surface area contributed by atoms with Crippen LogP contribution in [0.25, 0.3) is 0 Å². The molecule has 1 aromatic rings. The largest absolute Gasteiger partial charge is 0.331 e. The molecule has 1 amide bonds. The van der Waals surface area contributed by atoms with Crippen molar-refractivity contribution in [2.45, 2.75) is 30.3 Å². The van der Waals surface area contributed by atoms with Crippen LogP contribution in [0.5, 0.6) is 0 Å². The monoisotopic (exact) mass is 308 g/mol. The van der Waals surface area contributed by atoms with E-state index in [4.69, 9.17) is 0 Å². The molecule has 21 heavy (non-hydrogen) atoms. The third-order valence-electron chi connectivity index (χ3n) is 4.54. The number of sulfone groups is 1. The summed E-state index contributed by atoms with van der Waals surface area (Å²) in [4.78, 5) is 14.9. The van der Waals surface area contributed by atoms with E-state index in [0.717, 1.165) is 19.5 Å². The van der Waals surface area contributed by atoms with Crippen LogP contribution in [0.15, 0.2) is 29.2 Å². The van der Waals surface area contributed by atoms with Gasteiger partial charge in [-0.3, -0.25) is 4.79 Å². The molecule has 0 aliphatic carbocycles. The van der Waals surface area contributed by atoms with Gasteiger partial charge in [0, 0.05) is 37.0 Å². The third kappa shape index (κ3) is 2.58. The molecule has 0 spiro atoms. The molecule has 1 aromatic carbocycles. The Morgan fingerprint density at radius 2 is 1.90 bits per heavy atom. The normalized spacial score (nSPS) is 28.7. The predicted molar refractivity (Wildman–Crippen MR) is 79.9 cm³/mol. The molecule has 2 fully saturated rings. The molecule has 5 nitrogen and oxygen atoms in total. The van der Waals surface area contributed by atoms with Crippen molar-refractivity contribution in [1.82, 2.24) is 10.2 Å². The van der Waals surface area contributed by atoms with Crippen molar-refractivity contribution in [3.05, 3.63) is 29.8 Å². The van der Waals surface area contributed by atoms with Crippen LogP contribution < -0.4 is 5.32 Å². The van der Waals surface area contributed by atoms with E-state index in [1.165, 1.54) is 18.4 Å². The quantitative estimate of drug-likeness (QED) is 0.882. The molecule has 3 rings (SSSR count). The zero-order chi connectivity index (χ0) is 15.2. The van der Waals surface area contributed by atoms with Gasteiger partial charge in [0.1, 0.15) is 0 Å². The van der Waals surface area contributed by atoms with Crippen LogP contribution in [0.4, 0.5) is 0 Å². The molecule has 3 atom stereocenters. The summed E-state index contributed by atoms with van der Waals surface area (Å²) in [6, 6.07) is 6.75. The fourth-order valence-electron chi connectivity index (χ4n) is 3.51. The van der Waals surface area contributed by atoms with Crippen LogP contribution in [-0.4, -0.2) is 50.7 Å². The highest BCUT2D eigenvalue weighted by Crippen LogP contribution is 2.33. The molecule has 0 aromatic heterocycles. The predicted octanol–water partition coefficient (Wildman–Crippen LogP) is 0.912. The van der Waals surface area contributed by atoms with Crippen LogP contribution in [0.2, 0.25) is 0 Å². The van der Waals surface area contributed by atoms with Gasteiger partial charge in [-0.25, -0.2) is 8.42 Å². The SMILES string of the molecule is CC1CC2CNCC2N1C(=O)c1ccc(S(C)(=O)=O)cc1. The Kier molecular flexibility index (Phi) is 3.53. The molecule has 1 N–H and O–H groups in total. The number of nitrogens with zero attached hydrogens (tertiary/aromatic N) is 1. The minimum atomic E-state index is -3.22. The Balaban J connectivity index is 1.85. The summed E-state index contributed by atoms with van der Waals surface area (Å²) in [5.74, 6) is 0.540. The smallest absolute Gasteiger partial charge is 0.254 e. The van der Waals surface area contributed by atoms with Gasteiger partial charge in [-0.2, -0.15) is 0 Å². The third-order valence-corrected chi connectivity index (χ3v) is 5.67. The van der Waals surface area contributed by atoms with Gasteiger partial charge in [-0.05, 0) is 43.5 Å². The average molecular weight is 308 g/mol. The van der Waals surface area contributed by atoms with Gasteiger partial charge in [-0.1, -0.05) is 0 Å². The van der Waals surface area contributed by atoms with E-state index >= 15 is 0 Å². The maximum atomic E-state index is 12.7. The maximum Gasteiger partial charge on any atom is 0.254 e. The first-order chi connectivity index (χ1) is 9.88. The molecule has 0 saturated carbocycles. The molecule has 114 valence electrons. The summed E-state index contributed by atoms with van der Waals surface area (Å²) in [6.45, 7) is 3.91. The lowest BCUT2D eigenvalue weighted by molar-refractivity contribution is 0.0682. The van der Waals surface area contributed by atoms with Crippen molar-refractivity contribution >= 4 is 15.7 Å². The summed E-state index contributed by atoms with van der Waals surface area (Å²) >= 11 is 0. The molecule has 2 saturated heterocycles. The number of carbonyl (C=O) groups is 1. The van der Waals surface area contributed by atoms with E-state index in [-0.39, 0.29) is 22.9 Å². The number of nitrogens with one attached hydrogen (secondary N) is 1. The van der Waals surface area contributed by atoms with Gasteiger partial charge in [0.05, 0.1) is 4.90 Å². The van der Waals surface area contributed by atoms with Gasteiger partial charge in [0.15, 0.2) is 9.84 Å². The topological polar surface area (TPSA) is 66.5 Å². The molecular weight excluding hydrogens is 288 g/mol. The number of amides is 1. The average Bonchev–Trinajstić information content (AvgIpc) is 2.97. The van der Waals surface area contributed by atoms with Crippen LogP contribution in [-0.2, 0) is 9.84 Å². The highest BCUT2D eigenvalue weighted by atomic mass is 32.2. The zero-order valence-electron chi connectivity index (χ0n) is 12.2. The lowest BCUT2D eigenvalue weighted by atomic mass is 10.0. The maximum absolute atomic E-state index is 12.7. The molecule has 2 heterocycles. The first-order valence-electron chi connectivity index (χ1n) is 7.21. The molecule has 0 radical (unpaired) electrons. The van der Waals surface area contributed by atoms with E-state index in [9.17, 15) is 13.2 Å². The summed E-state index contributed by atoms with van der Waals surface area (Å²) in [5, 5.41) is 3.34. The second-order valence-electron chi connectivity index (χ2n) is 6.08. The first kappa shape index (κ1) is 14.5. The Morgan fingerprint density at radius 1 is 1.24 bits per heavy atom. The molecule has 6 heteroatoms. The van der Waals surface area contributed by atoms with Crippen LogP contribution in [0.1, 0.15) is 23.7 Å². The first-order valence-corrected chi connectivity index (χ1v) is 9.10. The number of likely N-dealkylation sites (tertiary alicyclic amines) is 1. The second-order valence-corrected chi connectivity index (χ2v) is 8.10. The number of rotatable bonds is 2. The van der Waals surface area contributed by atoms with Crippen molar-refractivity contribution in [3.8, 4) is 0 Å². The lowest BCUT2D eigenvalue weighted by Gasteiger charge is -2.27. The summed E-state index contributed by atoms with van der Waals surface area (Å²) in [6.07, 6.45) is 2.20. The van der Waals surface area contributed by atoms with Crippen molar-refractivity contribution in [1.29, 1.82) is 0 Å². The van der Waals surface area contributed by atoms with Crippen molar-refractivity contribution < 1.29 is 13.2 Å². The number of hydrogen-bond acceptors (Lipinski definition) is 4. The van der Waals surface area contributed by atoms with Crippen LogP contribution in [0, 0.1) is 5.92 Å². The Labute approximate surface area is 125 Å². The molecule has 3 unspecified atom stereocenters. The Bertz CT molecular complexity index is 654. The standard InChI is InChI=1S/C15H20N2O3S/c1-10-7-12-8-16-9-14(12)17(10)15(18)11-3-5-13(6-4-11)21(2,19)20/h3-6,10,12,14,16H,7-9H2,1-2H3. The minimum Gasteiger partial charge on any atom is -0.331 e. The fourth-order valence-corrected chi connectivity index (χ4v) is 4.14. The highest BCUT2D eigenvalue weighted by Gasteiger charge is 2.44. The van der Waals surface area contributed by atoms with Crippen molar-refractivity contribution in [2.24, 2.45) is 5.92 Å². The molecule has 2 aliphatic rings. The number of carbonyl (C=O) groups excluding carboxylic acids is 1. The van der Waals surface area contributed by atoms with Crippen molar-refractivity contribution in [3.63, 3.8) is 0 Å². The lowest BCUT2D eigenvalue weighted by Crippen LogP contribution is -2.42. The van der Waals surface area contributed by atoms with Gasteiger partial charge in [0.2, 0.25) is 0 Å². The van der Waals surface area contributed by atoms with Crippen molar-refractivity contribution in [2.75, 3.05) is 19.3 Å². The number of hydrogen-bond donors (Lipinski definition) is 1. The van der Waals surface area contributed by atoms with E-state index < -0.39 is 9.84 Å². The van der Waals surface area contributed by atoms with E-state index in [1.54, 1.807) is 12.1 Å². The van der Waals surface area contributed by atoms with E-state index in [0.29, 0.717) is 11.5 Å². The van der Waals surface area contributed by atoms with E-state index in [1.807, 2.05) is 4.90 Å². The molecule has 0 bridgehead atoms. The minimum absolute atomic E-state index is 0.00116. The number of fused-ring (bicyclic) bond motifs is 1. The Hall–Kier alpha value is -1.40. The van der Waals surface area contributed by atoms with E-state index in [2.05, 4.69) is 12.2 Å². The van der Waals surface area contributed by atoms with Crippen LogP contribution >= 0.6 is 0 Å². The summed E-state index contributed by atoms with van der Waals surface area (Å²) < 4.78 is 22.9. The molecular formula is C15H20N2O3S. The number of benzene rings is 1. The summed E-state index contributed by atoms with van der Waals surface area (Å²) in [5.41, 5.74) is 0.557. The fraction of sp³-hybridized carbons (Fsp3) is 0.533. The second kappa shape index (κ2) is 5.10. The van der Waals surface area contributed by atoms with Crippen LogP contribution in [0.3, 0.4) is 0 Å². The van der Waals surface area contributed by atoms with Gasteiger partial charge in [-0.15, -0.1) is 0 Å². The Morgan fingerprint density at radius 3 is 2.52 bits per heavy atom. The van der Waals surface area contributed by atoms with Gasteiger partial charge in [0.25, 0.3) is 5.91 Å². The molecule has 2 aliphatic heterocycles. The summed E-state index contributed by atoms with van der Waals surface area (Å²) in [7, 11) is -3.22. The van der Waals surface area contributed by atoms with Gasteiger partial charge < -0.3 is 10.2 Å². The van der Waals surface area contributed by atoms with Gasteiger partial charge >= 0.3 is 0 Å². The highest BCUT2D eigenvalue weighted by molar-refractivity contribution is 7.90. The zero-order valence-corrected chi connectivity index (χ0v) is 13.1.